The third-order valence-electron chi connectivity index (χ3n) is 2.12. The predicted molar refractivity (Wildman–Crippen MR) is 63.0 cm³/mol. The van der Waals surface area contributed by atoms with Gasteiger partial charge in [0.15, 0.2) is 0 Å². The highest BCUT2D eigenvalue weighted by molar-refractivity contribution is 9.08. The molecule has 2 rings (SSSR count). The molecule has 2 heterocycles. The van der Waals surface area contributed by atoms with E-state index in [1.807, 2.05) is 6.33 Å². The van der Waals surface area contributed by atoms with Crippen molar-refractivity contribution in [1.82, 2.24) is 9.55 Å². The largest absolute Gasteiger partial charge is 0.332 e. The van der Waals surface area contributed by atoms with Crippen molar-refractivity contribution in [3.63, 3.8) is 0 Å². The van der Waals surface area contributed by atoms with Gasteiger partial charge in [-0.05, 0) is 23.9 Å². The second kappa shape index (κ2) is 4.28. The van der Waals surface area contributed by atoms with E-state index < -0.39 is 0 Å². The van der Waals surface area contributed by atoms with Crippen LogP contribution in [0.2, 0.25) is 0 Å². The fraction of sp³-hybridized carbons (Fsp3) is 0.300. The van der Waals surface area contributed by atoms with Gasteiger partial charge in [-0.2, -0.15) is 0 Å². The van der Waals surface area contributed by atoms with Crippen LogP contribution in [0.15, 0.2) is 24.0 Å². The van der Waals surface area contributed by atoms with E-state index in [0.717, 1.165) is 17.6 Å². The molecule has 2 aromatic rings. The molecule has 0 unspecified atom stereocenters. The highest BCUT2D eigenvalue weighted by atomic mass is 79.9. The van der Waals surface area contributed by atoms with Crippen molar-refractivity contribution in [2.24, 2.45) is 0 Å². The minimum absolute atomic E-state index is 0.823. The molecule has 2 aromatic heterocycles. The molecule has 74 valence electrons. The Morgan fingerprint density at radius 1 is 1.57 bits per heavy atom. The molecule has 0 aliphatic rings. The third kappa shape index (κ3) is 2.07. The molecular formula is C10H11BrN2S. The van der Waals surface area contributed by atoms with E-state index in [0.29, 0.717) is 0 Å². The Bertz CT molecular complexity index is 419. The summed E-state index contributed by atoms with van der Waals surface area (Å²) in [4.78, 5) is 5.67. The van der Waals surface area contributed by atoms with Gasteiger partial charge in [-0.3, -0.25) is 0 Å². The topological polar surface area (TPSA) is 17.8 Å². The van der Waals surface area contributed by atoms with Gasteiger partial charge >= 0.3 is 0 Å². The van der Waals surface area contributed by atoms with Crippen molar-refractivity contribution >= 4 is 27.3 Å². The highest BCUT2D eigenvalue weighted by Gasteiger charge is 2.01. The number of imidazole rings is 1. The Labute approximate surface area is 95.7 Å². The van der Waals surface area contributed by atoms with E-state index in [-0.39, 0.29) is 0 Å². The maximum Gasteiger partial charge on any atom is 0.0953 e. The lowest BCUT2D eigenvalue weighted by molar-refractivity contribution is 0.805. The number of hydrogen-bond acceptors (Lipinski definition) is 2. The van der Waals surface area contributed by atoms with Crippen LogP contribution in [-0.2, 0) is 11.9 Å². The first-order chi connectivity index (χ1) is 6.79. The van der Waals surface area contributed by atoms with Gasteiger partial charge in [0.1, 0.15) is 0 Å². The lowest BCUT2D eigenvalue weighted by Crippen LogP contribution is -1.95. The van der Waals surface area contributed by atoms with E-state index in [1.54, 1.807) is 11.3 Å². The summed E-state index contributed by atoms with van der Waals surface area (Å²) in [7, 11) is 0. The maximum absolute atomic E-state index is 4.27. The van der Waals surface area contributed by atoms with Gasteiger partial charge in [0.2, 0.25) is 0 Å². The van der Waals surface area contributed by atoms with Gasteiger partial charge in [0, 0.05) is 16.4 Å². The predicted octanol–water partition coefficient (Wildman–Crippen LogP) is 3.20. The molecule has 0 atom stereocenters. The summed E-state index contributed by atoms with van der Waals surface area (Å²) in [5.74, 6) is 0. The Morgan fingerprint density at radius 3 is 3.00 bits per heavy atom. The summed E-state index contributed by atoms with van der Waals surface area (Å²) >= 11 is 5.19. The fourth-order valence-electron chi connectivity index (χ4n) is 1.29. The Kier molecular flexibility index (Phi) is 3.03. The summed E-state index contributed by atoms with van der Waals surface area (Å²) in [5.41, 5.74) is 2.45. The van der Waals surface area contributed by atoms with Crippen LogP contribution in [-0.4, -0.2) is 9.55 Å². The second-order valence-electron chi connectivity index (χ2n) is 3.20. The van der Waals surface area contributed by atoms with Crippen LogP contribution in [0.3, 0.4) is 0 Å². The zero-order valence-electron chi connectivity index (χ0n) is 7.90. The van der Waals surface area contributed by atoms with Crippen molar-refractivity contribution in [3.8, 4) is 0 Å². The van der Waals surface area contributed by atoms with Gasteiger partial charge in [-0.15, -0.1) is 11.3 Å². The number of aryl methyl sites for hydroxylation is 1. The zero-order valence-corrected chi connectivity index (χ0v) is 10.3. The van der Waals surface area contributed by atoms with Crippen molar-refractivity contribution < 1.29 is 0 Å². The van der Waals surface area contributed by atoms with Crippen LogP contribution in [0.5, 0.6) is 0 Å². The lowest BCUT2D eigenvalue weighted by atomic mass is 10.3. The van der Waals surface area contributed by atoms with Gasteiger partial charge in [-0.1, -0.05) is 15.9 Å². The van der Waals surface area contributed by atoms with Crippen LogP contribution < -0.4 is 0 Å². The SMILES string of the molecule is Cc1ccsc1Cn1cnc(CBr)c1. The first-order valence-corrected chi connectivity index (χ1v) is 6.39. The van der Waals surface area contributed by atoms with E-state index >= 15 is 0 Å². The summed E-state index contributed by atoms with van der Waals surface area (Å²) in [5, 5.41) is 2.95. The van der Waals surface area contributed by atoms with E-state index in [2.05, 4.69) is 50.0 Å². The van der Waals surface area contributed by atoms with Crippen LogP contribution in [0.25, 0.3) is 0 Å². The second-order valence-corrected chi connectivity index (χ2v) is 4.76. The van der Waals surface area contributed by atoms with Crippen molar-refractivity contribution in [3.05, 3.63) is 40.1 Å². The number of aromatic nitrogens is 2. The molecule has 0 amide bonds. The van der Waals surface area contributed by atoms with E-state index in [9.17, 15) is 0 Å². The number of thiophene rings is 1. The Hall–Kier alpha value is -0.610. The number of nitrogens with zero attached hydrogens (tertiary/aromatic N) is 2. The minimum atomic E-state index is 0.823. The van der Waals surface area contributed by atoms with Gasteiger partial charge in [0.25, 0.3) is 0 Å². The van der Waals surface area contributed by atoms with E-state index in [4.69, 9.17) is 0 Å². The average Bonchev–Trinajstić information content (AvgIpc) is 2.77. The molecule has 0 aromatic carbocycles. The van der Waals surface area contributed by atoms with Crippen molar-refractivity contribution in [2.45, 2.75) is 18.8 Å². The molecule has 0 aliphatic heterocycles. The Morgan fingerprint density at radius 2 is 2.43 bits per heavy atom. The lowest BCUT2D eigenvalue weighted by Gasteiger charge is -1.99. The zero-order chi connectivity index (χ0) is 9.97. The van der Waals surface area contributed by atoms with Gasteiger partial charge in [-0.25, -0.2) is 4.98 Å². The van der Waals surface area contributed by atoms with E-state index in [1.165, 1.54) is 10.4 Å². The quantitative estimate of drug-likeness (QED) is 0.784. The Balaban J connectivity index is 2.15. The first-order valence-electron chi connectivity index (χ1n) is 4.39. The number of hydrogen-bond donors (Lipinski definition) is 0. The van der Waals surface area contributed by atoms with Gasteiger partial charge in [0.05, 0.1) is 18.6 Å². The summed E-state index contributed by atoms with van der Waals surface area (Å²) in [6.45, 7) is 3.08. The van der Waals surface area contributed by atoms with Crippen LogP contribution in [0.1, 0.15) is 16.1 Å². The molecule has 0 saturated heterocycles. The van der Waals surface area contributed by atoms with Crippen LogP contribution >= 0.6 is 27.3 Å². The van der Waals surface area contributed by atoms with Crippen molar-refractivity contribution in [1.29, 1.82) is 0 Å². The van der Waals surface area contributed by atoms with Crippen LogP contribution in [0.4, 0.5) is 0 Å². The molecule has 0 radical (unpaired) electrons. The monoisotopic (exact) mass is 270 g/mol. The highest BCUT2D eigenvalue weighted by Crippen LogP contribution is 2.17. The molecule has 2 nitrogen and oxygen atoms in total. The number of alkyl halides is 1. The summed E-state index contributed by atoms with van der Waals surface area (Å²) in [6, 6.07) is 2.16. The molecule has 14 heavy (non-hydrogen) atoms. The molecule has 0 N–H and O–H groups in total. The number of halogens is 1. The third-order valence-corrected chi connectivity index (χ3v) is 3.70. The van der Waals surface area contributed by atoms with Crippen LogP contribution in [0, 0.1) is 6.92 Å². The minimum Gasteiger partial charge on any atom is -0.332 e. The maximum atomic E-state index is 4.27. The molecule has 0 fully saturated rings. The van der Waals surface area contributed by atoms with Crippen molar-refractivity contribution in [2.75, 3.05) is 0 Å². The molecular weight excluding hydrogens is 260 g/mol. The van der Waals surface area contributed by atoms with Gasteiger partial charge < -0.3 is 4.57 Å². The smallest absolute Gasteiger partial charge is 0.0953 e. The normalized spacial score (nSPS) is 10.7. The molecule has 0 aliphatic carbocycles. The molecule has 0 saturated carbocycles. The summed E-state index contributed by atoms with van der Waals surface area (Å²) < 4.78 is 2.12. The molecule has 0 spiro atoms. The molecule has 0 bridgehead atoms. The first kappa shape index (κ1) is 9.93. The molecule has 4 heteroatoms. The number of rotatable bonds is 3. The fourth-order valence-corrected chi connectivity index (χ4v) is 2.50. The average molecular weight is 271 g/mol. The summed E-state index contributed by atoms with van der Waals surface area (Å²) in [6.07, 6.45) is 3.96. The standard InChI is InChI=1S/C10H11BrN2S/c1-8-2-3-14-10(8)6-13-5-9(4-11)12-7-13/h2-3,5,7H,4,6H2,1H3.